The Bertz CT molecular complexity index is 1040. The number of pyridine rings is 1. The van der Waals surface area contributed by atoms with Crippen LogP contribution in [0.25, 0.3) is 22.3 Å². The minimum absolute atomic E-state index is 0.428. The highest BCUT2D eigenvalue weighted by atomic mass is 32.1. The first kappa shape index (κ1) is 13.6. The van der Waals surface area contributed by atoms with E-state index in [-0.39, 0.29) is 0 Å². The van der Waals surface area contributed by atoms with Crippen molar-refractivity contribution in [2.75, 3.05) is 0 Å². The first-order valence-electron chi connectivity index (χ1n) is 7.02. The molecule has 0 amide bonds. The number of nitrogens with zero attached hydrogens (tertiary/aromatic N) is 4. The van der Waals surface area contributed by atoms with E-state index in [1.165, 1.54) is 0 Å². The molecule has 0 saturated heterocycles. The second-order valence-corrected chi connectivity index (χ2v) is 5.30. The van der Waals surface area contributed by atoms with E-state index in [4.69, 9.17) is 12.2 Å². The summed E-state index contributed by atoms with van der Waals surface area (Å²) in [7, 11) is 0. The van der Waals surface area contributed by atoms with Gasteiger partial charge in [-0.05, 0) is 30.4 Å². The largest absolute Gasteiger partial charge is 0.360 e. The van der Waals surface area contributed by atoms with Gasteiger partial charge < -0.3 is 4.98 Å². The zero-order valence-corrected chi connectivity index (χ0v) is 12.8. The molecule has 6 nitrogen and oxygen atoms in total. The van der Waals surface area contributed by atoms with E-state index in [2.05, 4.69) is 25.3 Å². The number of aromatic nitrogens is 5. The van der Waals surface area contributed by atoms with E-state index < -0.39 is 0 Å². The maximum Gasteiger partial charge on any atom is 0.216 e. The summed E-state index contributed by atoms with van der Waals surface area (Å²) < 4.78 is 2.03. The lowest BCUT2D eigenvalue weighted by Crippen LogP contribution is -1.95. The molecule has 0 atom stereocenters. The van der Waals surface area contributed by atoms with Crippen LogP contribution in [-0.4, -0.2) is 31.1 Å². The molecule has 1 aromatic carbocycles. The molecule has 0 aliphatic rings. The Morgan fingerprint density at radius 2 is 2.00 bits per heavy atom. The van der Waals surface area contributed by atoms with Gasteiger partial charge in [-0.1, -0.05) is 24.3 Å². The number of hydrogen-bond donors (Lipinski definition) is 2. The van der Waals surface area contributed by atoms with E-state index in [0.717, 1.165) is 22.2 Å². The monoisotopic (exact) mass is 320 g/mol. The van der Waals surface area contributed by atoms with Gasteiger partial charge in [-0.3, -0.25) is 4.98 Å². The van der Waals surface area contributed by atoms with Crippen molar-refractivity contribution in [3.8, 4) is 11.4 Å². The number of fused-ring (bicyclic) bond motifs is 1. The number of nitrogens with one attached hydrogen (secondary N) is 2. The van der Waals surface area contributed by atoms with Crippen molar-refractivity contribution in [2.24, 2.45) is 5.10 Å². The van der Waals surface area contributed by atoms with Gasteiger partial charge in [0.25, 0.3) is 0 Å². The van der Waals surface area contributed by atoms with Gasteiger partial charge in [0.1, 0.15) is 0 Å². The first-order chi connectivity index (χ1) is 11.3. The number of H-pyrrole nitrogens is 2. The normalized spacial score (nSPS) is 11.5. The number of hydrogen-bond acceptors (Lipinski definition) is 4. The molecule has 4 rings (SSSR count). The Balaban J connectivity index is 1.82. The zero-order chi connectivity index (χ0) is 15.6. The number of para-hydroxylation sites is 1. The topological polar surface area (TPSA) is 74.7 Å². The highest BCUT2D eigenvalue weighted by Gasteiger charge is 2.12. The van der Waals surface area contributed by atoms with Crippen molar-refractivity contribution in [2.45, 2.75) is 0 Å². The molecule has 0 aliphatic heterocycles. The molecule has 7 heteroatoms. The Morgan fingerprint density at radius 3 is 2.87 bits per heavy atom. The Kier molecular flexibility index (Phi) is 3.32. The van der Waals surface area contributed by atoms with E-state index in [0.29, 0.717) is 10.6 Å². The smallest absolute Gasteiger partial charge is 0.216 e. The van der Waals surface area contributed by atoms with Gasteiger partial charge in [-0.25, -0.2) is 5.10 Å². The van der Waals surface area contributed by atoms with Gasteiger partial charge in [0.15, 0.2) is 5.82 Å². The van der Waals surface area contributed by atoms with Crippen LogP contribution in [0, 0.1) is 4.77 Å². The van der Waals surface area contributed by atoms with Crippen LogP contribution in [0.3, 0.4) is 0 Å². The van der Waals surface area contributed by atoms with Crippen molar-refractivity contribution < 1.29 is 0 Å². The molecule has 0 fully saturated rings. The average molecular weight is 320 g/mol. The maximum atomic E-state index is 5.29. The van der Waals surface area contributed by atoms with Crippen LogP contribution < -0.4 is 0 Å². The van der Waals surface area contributed by atoms with E-state index in [9.17, 15) is 0 Å². The first-order valence-corrected chi connectivity index (χ1v) is 7.43. The van der Waals surface area contributed by atoms with E-state index in [1.54, 1.807) is 17.1 Å². The molecule has 0 unspecified atom stereocenters. The highest BCUT2D eigenvalue weighted by molar-refractivity contribution is 7.71. The average Bonchev–Trinajstić information content (AvgIpc) is 3.17. The molecule has 3 heterocycles. The third-order valence-electron chi connectivity index (χ3n) is 3.47. The molecule has 0 saturated carbocycles. The Labute approximate surface area is 136 Å². The second-order valence-electron chi connectivity index (χ2n) is 4.91. The van der Waals surface area contributed by atoms with Crippen molar-refractivity contribution >= 4 is 29.3 Å². The van der Waals surface area contributed by atoms with Crippen LogP contribution in [0.1, 0.15) is 5.69 Å². The van der Waals surface area contributed by atoms with Gasteiger partial charge in [0.05, 0.1) is 11.9 Å². The van der Waals surface area contributed by atoms with Crippen LogP contribution in [0.2, 0.25) is 0 Å². The van der Waals surface area contributed by atoms with Crippen molar-refractivity contribution in [1.29, 1.82) is 0 Å². The fraction of sp³-hybridized carbons (Fsp3) is 0. The molecule has 0 aliphatic carbocycles. The fourth-order valence-electron chi connectivity index (χ4n) is 2.40. The van der Waals surface area contributed by atoms with Gasteiger partial charge in [0.2, 0.25) is 4.77 Å². The van der Waals surface area contributed by atoms with E-state index >= 15 is 0 Å². The lowest BCUT2D eigenvalue weighted by atomic mass is 10.2. The summed E-state index contributed by atoms with van der Waals surface area (Å²) in [5.41, 5.74) is 2.73. The predicted octanol–water partition coefficient (Wildman–Crippen LogP) is 3.37. The van der Waals surface area contributed by atoms with Crippen molar-refractivity contribution in [1.82, 2.24) is 24.8 Å². The summed E-state index contributed by atoms with van der Waals surface area (Å²) in [6.07, 6.45) is 5.28. The summed E-state index contributed by atoms with van der Waals surface area (Å²) in [5, 5.41) is 12.6. The van der Waals surface area contributed by atoms with Crippen LogP contribution in [0.15, 0.2) is 60.0 Å². The molecular weight excluding hydrogens is 308 g/mol. The van der Waals surface area contributed by atoms with Crippen LogP contribution in [0.5, 0.6) is 0 Å². The zero-order valence-electron chi connectivity index (χ0n) is 12.0. The van der Waals surface area contributed by atoms with Gasteiger partial charge in [0, 0.05) is 28.9 Å². The number of benzene rings is 1. The molecule has 0 radical (unpaired) electrons. The molecule has 23 heavy (non-hydrogen) atoms. The summed E-state index contributed by atoms with van der Waals surface area (Å²) >= 11 is 5.29. The molecule has 0 bridgehead atoms. The van der Waals surface area contributed by atoms with Gasteiger partial charge in [-0.15, -0.1) is 0 Å². The summed E-state index contributed by atoms with van der Waals surface area (Å²) in [5.74, 6) is 0.652. The highest BCUT2D eigenvalue weighted by Crippen LogP contribution is 2.26. The fourth-order valence-corrected chi connectivity index (χ4v) is 2.58. The van der Waals surface area contributed by atoms with Crippen LogP contribution >= 0.6 is 12.2 Å². The van der Waals surface area contributed by atoms with E-state index in [1.807, 2.05) is 48.7 Å². The molecule has 2 N–H and O–H groups in total. The maximum absolute atomic E-state index is 5.29. The number of rotatable bonds is 3. The third-order valence-corrected chi connectivity index (χ3v) is 3.74. The molecule has 3 aromatic heterocycles. The van der Waals surface area contributed by atoms with Gasteiger partial charge >= 0.3 is 0 Å². The van der Waals surface area contributed by atoms with Crippen molar-refractivity contribution in [3.63, 3.8) is 0 Å². The lowest BCUT2D eigenvalue weighted by molar-refractivity contribution is 0.871. The third kappa shape index (κ3) is 2.47. The number of aromatic amines is 2. The Hall–Kier alpha value is -3.06. The van der Waals surface area contributed by atoms with Gasteiger partial charge in [-0.2, -0.15) is 14.9 Å². The quantitative estimate of drug-likeness (QED) is 0.449. The predicted molar refractivity (Wildman–Crippen MR) is 91.9 cm³/mol. The summed E-state index contributed by atoms with van der Waals surface area (Å²) in [4.78, 5) is 7.45. The minimum Gasteiger partial charge on any atom is -0.360 e. The second kappa shape index (κ2) is 5.62. The molecule has 0 spiro atoms. The minimum atomic E-state index is 0.428. The standard InChI is InChI=1S/C16H12N6S/c23-16-21-20-15(13-10-18-14-7-2-1-6-12(13)14)22(16)19-9-11-5-3-4-8-17-11/h1-10,18H,(H,21,23). The molecule has 112 valence electrons. The summed E-state index contributed by atoms with van der Waals surface area (Å²) in [6.45, 7) is 0. The lowest BCUT2D eigenvalue weighted by Gasteiger charge is -1.99. The SMILES string of the molecule is S=c1[nH]nc(-c2c[nH]c3ccccc23)n1N=Cc1ccccn1. The van der Waals surface area contributed by atoms with Crippen LogP contribution in [0.4, 0.5) is 0 Å². The molecule has 4 aromatic rings. The Morgan fingerprint density at radius 1 is 1.13 bits per heavy atom. The summed E-state index contributed by atoms with van der Waals surface area (Å²) in [6, 6.07) is 13.7. The van der Waals surface area contributed by atoms with Crippen molar-refractivity contribution in [3.05, 3.63) is 65.3 Å². The van der Waals surface area contributed by atoms with Crippen LogP contribution in [-0.2, 0) is 0 Å². The molecular formula is C16H12N6S.